The molecule has 6 heteroatoms. The molecule has 0 aromatic carbocycles. The van der Waals surface area contributed by atoms with E-state index in [0.717, 1.165) is 12.0 Å². The fourth-order valence-corrected chi connectivity index (χ4v) is 3.43. The SMILES string of the molecule is CN1CCC[C@H]2c3cccnc3CC[C@H]21.O=C(O)/C=C/C(=O)O. The predicted octanol–water partition coefficient (Wildman–Crippen LogP) is 1.92. The summed E-state index contributed by atoms with van der Waals surface area (Å²) in [6.45, 7) is 1.27. The van der Waals surface area contributed by atoms with Gasteiger partial charge in [0.25, 0.3) is 0 Å². The maximum absolute atomic E-state index is 9.55. The number of aryl methyl sites for hydroxylation is 1. The van der Waals surface area contributed by atoms with Crippen LogP contribution in [0.3, 0.4) is 0 Å². The molecule has 1 aromatic heterocycles. The minimum Gasteiger partial charge on any atom is -0.478 e. The van der Waals surface area contributed by atoms with E-state index in [1.165, 1.54) is 43.5 Å². The number of pyridine rings is 1. The Morgan fingerprint density at radius 3 is 2.61 bits per heavy atom. The van der Waals surface area contributed by atoms with Gasteiger partial charge in [-0.25, -0.2) is 9.59 Å². The van der Waals surface area contributed by atoms with Gasteiger partial charge in [-0.15, -0.1) is 0 Å². The lowest BCUT2D eigenvalue weighted by atomic mass is 9.76. The molecule has 1 saturated heterocycles. The first-order valence-electron chi connectivity index (χ1n) is 7.77. The molecule has 2 N–H and O–H groups in total. The first-order valence-corrected chi connectivity index (χ1v) is 7.77. The van der Waals surface area contributed by atoms with Crippen LogP contribution in [-0.4, -0.2) is 51.7 Å². The Balaban J connectivity index is 0.000000207. The average Bonchev–Trinajstić information content (AvgIpc) is 2.54. The normalized spacial score (nSPS) is 23.3. The summed E-state index contributed by atoms with van der Waals surface area (Å²) in [4.78, 5) is 26.2. The van der Waals surface area contributed by atoms with Crippen LogP contribution in [0.25, 0.3) is 0 Å². The number of piperidine rings is 1. The summed E-state index contributed by atoms with van der Waals surface area (Å²) in [7, 11) is 2.28. The van der Waals surface area contributed by atoms with Gasteiger partial charge in [-0.05, 0) is 50.9 Å². The first kappa shape index (κ1) is 17.1. The number of aromatic nitrogens is 1. The van der Waals surface area contributed by atoms with Crippen LogP contribution < -0.4 is 0 Å². The van der Waals surface area contributed by atoms with Crippen molar-refractivity contribution in [2.75, 3.05) is 13.6 Å². The van der Waals surface area contributed by atoms with E-state index in [0.29, 0.717) is 12.2 Å². The average molecular weight is 318 g/mol. The molecule has 0 radical (unpaired) electrons. The molecule has 0 amide bonds. The van der Waals surface area contributed by atoms with Crippen molar-refractivity contribution in [2.45, 2.75) is 37.6 Å². The zero-order valence-corrected chi connectivity index (χ0v) is 13.2. The number of carboxylic acid groups (broad SMARTS) is 2. The molecule has 1 aromatic rings. The number of likely N-dealkylation sites (tertiary alicyclic amines) is 1. The van der Waals surface area contributed by atoms with Gasteiger partial charge in [0, 0.05) is 36.0 Å². The number of hydrogen-bond donors (Lipinski definition) is 2. The van der Waals surface area contributed by atoms with Crippen LogP contribution in [0.2, 0.25) is 0 Å². The number of likely N-dealkylation sites (N-methyl/N-ethyl adjacent to an activating group) is 1. The van der Waals surface area contributed by atoms with E-state index in [4.69, 9.17) is 10.2 Å². The van der Waals surface area contributed by atoms with Gasteiger partial charge in [0.15, 0.2) is 0 Å². The van der Waals surface area contributed by atoms with Crippen molar-refractivity contribution in [3.8, 4) is 0 Å². The number of nitrogens with zero attached hydrogens (tertiary/aromatic N) is 2. The third-order valence-corrected chi connectivity index (χ3v) is 4.43. The van der Waals surface area contributed by atoms with E-state index < -0.39 is 11.9 Å². The molecular formula is C17H22N2O4. The van der Waals surface area contributed by atoms with Gasteiger partial charge < -0.3 is 15.1 Å². The van der Waals surface area contributed by atoms with Crippen molar-refractivity contribution < 1.29 is 19.8 Å². The van der Waals surface area contributed by atoms with Crippen molar-refractivity contribution in [2.24, 2.45) is 0 Å². The Morgan fingerprint density at radius 1 is 1.26 bits per heavy atom. The fraction of sp³-hybridized carbons (Fsp3) is 0.471. The van der Waals surface area contributed by atoms with Crippen molar-refractivity contribution in [3.63, 3.8) is 0 Å². The van der Waals surface area contributed by atoms with E-state index in [9.17, 15) is 9.59 Å². The maximum Gasteiger partial charge on any atom is 0.328 e. The first-order chi connectivity index (χ1) is 11.0. The minimum absolute atomic E-state index is 0.558. The van der Waals surface area contributed by atoms with E-state index >= 15 is 0 Å². The molecule has 0 spiro atoms. The van der Waals surface area contributed by atoms with Crippen molar-refractivity contribution in [1.82, 2.24) is 9.88 Å². The Morgan fingerprint density at radius 2 is 1.96 bits per heavy atom. The van der Waals surface area contributed by atoms with Gasteiger partial charge in [0.2, 0.25) is 0 Å². The van der Waals surface area contributed by atoms with Crippen LogP contribution in [0.4, 0.5) is 0 Å². The highest BCUT2D eigenvalue weighted by Gasteiger charge is 2.34. The molecule has 1 fully saturated rings. The molecule has 0 unspecified atom stereocenters. The molecular weight excluding hydrogens is 296 g/mol. The standard InChI is InChI=1S/C13H18N2.C4H4O4/c1-15-9-3-5-11-10-4-2-8-14-12(10)6-7-13(11)15;5-3(6)1-2-4(7)8/h2,4,8,11,13H,3,5-7,9H2,1H3;1-2H,(H,5,6)(H,7,8)/b;2-1+/t11-,13+;/m0./s1. The second-order valence-corrected chi connectivity index (χ2v) is 5.88. The van der Waals surface area contributed by atoms with E-state index in [1.54, 1.807) is 0 Å². The molecule has 1 aliphatic heterocycles. The molecule has 0 bridgehead atoms. The van der Waals surface area contributed by atoms with Crippen LogP contribution in [0.15, 0.2) is 30.5 Å². The number of carbonyl (C=O) groups is 2. The highest BCUT2D eigenvalue weighted by Crippen LogP contribution is 2.38. The summed E-state index contributed by atoms with van der Waals surface area (Å²) in [5.41, 5.74) is 2.88. The van der Waals surface area contributed by atoms with E-state index in [1.807, 2.05) is 6.20 Å². The van der Waals surface area contributed by atoms with Gasteiger partial charge >= 0.3 is 11.9 Å². The monoisotopic (exact) mass is 318 g/mol. The highest BCUT2D eigenvalue weighted by molar-refractivity contribution is 5.89. The molecule has 124 valence electrons. The summed E-state index contributed by atoms with van der Waals surface area (Å²) in [6.07, 6.45) is 8.21. The molecule has 6 nitrogen and oxygen atoms in total. The van der Waals surface area contributed by atoms with Crippen molar-refractivity contribution >= 4 is 11.9 Å². The van der Waals surface area contributed by atoms with Crippen LogP contribution >= 0.6 is 0 Å². The summed E-state index contributed by atoms with van der Waals surface area (Å²) in [5.74, 6) is -1.76. The minimum atomic E-state index is -1.26. The Kier molecular flexibility index (Phi) is 5.87. The zero-order chi connectivity index (χ0) is 16.8. The summed E-state index contributed by atoms with van der Waals surface area (Å²) >= 11 is 0. The van der Waals surface area contributed by atoms with Crippen LogP contribution in [0.1, 0.15) is 36.4 Å². The third-order valence-electron chi connectivity index (χ3n) is 4.43. The number of carboxylic acids is 2. The topological polar surface area (TPSA) is 90.7 Å². The quantitative estimate of drug-likeness (QED) is 0.810. The van der Waals surface area contributed by atoms with Gasteiger partial charge in [-0.2, -0.15) is 0 Å². The Labute approximate surface area is 135 Å². The third kappa shape index (κ3) is 4.63. The van der Waals surface area contributed by atoms with Crippen LogP contribution in [0, 0.1) is 0 Å². The summed E-state index contributed by atoms with van der Waals surface area (Å²) < 4.78 is 0. The molecule has 2 heterocycles. The molecule has 3 rings (SSSR count). The number of rotatable bonds is 2. The maximum atomic E-state index is 9.55. The number of hydrogen-bond acceptors (Lipinski definition) is 4. The van der Waals surface area contributed by atoms with Gasteiger partial charge in [0.05, 0.1) is 0 Å². The second kappa shape index (κ2) is 7.87. The second-order valence-electron chi connectivity index (χ2n) is 5.88. The van der Waals surface area contributed by atoms with Crippen LogP contribution in [0.5, 0.6) is 0 Å². The summed E-state index contributed by atoms with van der Waals surface area (Å²) in [5, 5.41) is 15.6. The lowest BCUT2D eigenvalue weighted by Gasteiger charge is -2.42. The highest BCUT2D eigenvalue weighted by atomic mass is 16.4. The number of aliphatic carboxylic acids is 2. The van der Waals surface area contributed by atoms with Gasteiger partial charge in [-0.3, -0.25) is 4.98 Å². The zero-order valence-electron chi connectivity index (χ0n) is 13.2. The van der Waals surface area contributed by atoms with E-state index in [-0.39, 0.29) is 0 Å². The Bertz CT molecular complexity index is 584. The molecule has 2 aliphatic rings. The molecule has 2 atom stereocenters. The summed E-state index contributed by atoms with van der Waals surface area (Å²) in [6, 6.07) is 5.16. The lowest BCUT2D eigenvalue weighted by Crippen LogP contribution is -2.44. The van der Waals surface area contributed by atoms with Gasteiger partial charge in [-0.1, -0.05) is 6.07 Å². The van der Waals surface area contributed by atoms with Crippen molar-refractivity contribution in [1.29, 1.82) is 0 Å². The number of fused-ring (bicyclic) bond motifs is 3. The largest absolute Gasteiger partial charge is 0.478 e. The predicted molar refractivity (Wildman–Crippen MR) is 85.4 cm³/mol. The van der Waals surface area contributed by atoms with Crippen molar-refractivity contribution in [3.05, 3.63) is 41.7 Å². The molecule has 1 aliphatic carbocycles. The van der Waals surface area contributed by atoms with Crippen LogP contribution in [-0.2, 0) is 16.0 Å². The molecule has 23 heavy (non-hydrogen) atoms. The fourth-order valence-electron chi connectivity index (χ4n) is 3.43. The van der Waals surface area contributed by atoms with Gasteiger partial charge in [0.1, 0.15) is 0 Å². The smallest absolute Gasteiger partial charge is 0.328 e. The van der Waals surface area contributed by atoms with E-state index in [2.05, 4.69) is 29.1 Å². The Hall–Kier alpha value is -2.21. The molecule has 0 saturated carbocycles. The lowest BCUT2D eigenvalue weighted by molar-refractivity contribution is -0.134.